The highest BCUT2D eigenvalue weighted by Crippen LogP contribution is 2.26. The predicted molar refractivity (Wildman–Crippen MR) is 76.4 cm³/mol. The second kappa shape index (κ2) is 6.57. The van der Waals surface area contributed by atoms with E-state index in [2.05, 4.69) is 5.32 Å². The maximum Gasteiger partial charge on any atom is 0.256 e. The Labute approximate surface area is 114 Å². The van der Waals surface area contributed by atoms with Crippen LogP contribution in [0.15, 0.2) is 24.3 Å². The number of carbonyl (C=O) groups is 1. The molecule has 1 aliphatic rings. The van der Waals surface area contributed by atoms with Crippen LogP contribution in [0.3, 0.4) is 0 Å². The molecular formula is C15H22N2O2. The largest absolute Gasteiger partial charge is 0.395 e. The third-order valence-corrected chi connectivity index (χ3v) is 3.79. The van der Waals surface area contributed by atoms with Crippen molar-refractivity contribution in [2.75, 3.05) is 25.5 Å². The minimum Gasteiger partial charge on any atom is -0.395 e. The zero-order chi connectivity index (χ0) is 13.7. The maximum absolute atomic E-state index is 12.7. The molecule has 0 unspecified atom stereocenters. The Bertz CT molecular complexity index is 428. The topological polar surface area (TPSA) is 52.6 Å². The number of nitrogens with zero attached hydrogens (tertiary/aromatic N) is 1. The van der Waals surface area contributed by atoms with E-state index in [0.29, 0.717) is 12.1 Å². The number of anilines is 1. The van der Waals surface area contributed by atoms with E-state index in [9.17, 15) is 9.90 Å². The van der Waals surface area contributed by atoms with E-state index in [-0.39, 0.29) is 18.6 Å². The molecule has 0 spiro atoms. The number of amides is 1. The van der Waals surface area contributed by atoms with Crippen LogP contribution in [0.25, 0.3) is 0 Å². The minimum atomic E-state index is 0.0178. The van der Waals surface area contributed by atoms with E-state index in [4.69, 9.17) is 0 Å². The van der Waals surface area contributed by atoms with E-state index >= 15 is 0 Å². The molecule has 1 aromatic carbocycles. The Morgan fingerprint density at radius 1 is 1.37 bits per heavy atom. The molecule has 0 bridgehead atoms. The van der Waals surface area contributed by atoms with E-state index in [1.807, 2.05) is 36.2 Å². The lowest BCUT2D eigenvalue weighted by atomic mass is 10.1. The highest BCUT2D eigenvalue weighted by Gasteiger charge is 2.27. The van der Waals surface area contributed by atoms with Crippen LogP contribution < -0.4 is 5.32 Å². The van der Waals surface area contributed by atoms with Gasteiger partial charge in [0.25, 0.3) is 5.91 Å². The molecule has 0 radical (unpaired) electrons. The quantitative estimate of drug-likeness (QED) is 0.854. The van der Waals surface area contributed by atoms with Gasteiger partial charge in [0.1, 0.15) is 0 Å². The summed E-state index contributed by atoms with van der Waals surface area (Å²) in [7, 11) is 1.82. The first-order valence-corrected chi connectivity index (χ1v) is 6.96. The number of para-hydroxylation sites is 1. The molecular weight excluding hydrogens is 240 g/mol. The van der Waals surface area contributed by atoms with Gasteiger partial charge in [0.15, 0.2) is 0 Å². The van der Waals surface area contributed by atoms with Gasteiger partial charge in [0, 0.05) is 25.3 Å². The second-order valence-corrected chi connectivity index (χ2v) is 4.96. The molecule has 0 aromatic heterocycles. The van der Waals surface area contributed by atoms with Crippen molar-refractivity contribution in [1.29, 1.82) is 0 Å². The summed E-state index contributed by atoms with van der Waals surface area (Å²) >= 11 is 0. The average molecular weight is 262 g/mol. The normalized spacial score (nSPS) is 15.5. The minimum absolute atomic E-state index is 0.0178. The van der Waals surface area contributed by atoms with Crippen LogP contribution in [0, 0.1) is 0 Å². The molecule has 1 saturated carbocycles. The first-order chi connectivity index (χ1) is 9.27. The summed E-state index contributed by atoms with van der Waals surface area (Å²) in [6.07, 6.45) is 4.45. The zero-order valence-corrected chi connectivity index (χ0v) is 11.4. The summed E-state index contributed by atoms with van der Waals surface area (Å²) in [4.78, 5) is 14.5. The standard InChI is InChI=1S/C15H22N2O2/c1-16-14-9-5-4-8-13(14)15(19)17(10-11-18)12-6-2-3-7-12/h4-5,8-9,12,16,18H,2-3,6-7,10-11H2,1H3. The van der Waals surface area contributed by atoms with Crippen molar-refractivity contribution in [2.45, 2.75) is 31.7 Å². The summed E-state index contributed by atoms with van der Waals surface area (Å²) in [6, 6.07) is 7.81. The lowest BCUT2D eigenvalue weighted by Crippen LogP contribution is -2.41. The number of rotatable bonds is 5. The monoisotopic (exact) mass is 262 g/mol. The van der Waals surface area contributed by atoms with Gasteiger partial charge in [-0.3, -0.25) is 4.79 Å². The van der Waals surface area contributed by atoms with Gasteiger partial charge in [-0.1, -0.05) is 25.0 Å². The number of nitrogens with one attached hydrogen (secondary N) is 1. The first-order valence-electron chi connectivity index (χ1n) is 6.96. The third kappa shape index (κ3) is 3.07. The fraction of sp³-hybridized carbons (Fsp3) is 0.533. The summed E-state index contributed by atoms with van der Waals surface area (Å²) in [6.45, 7) is 0.436. The number of aliphatic hydroxyl groups excluding tert-OH is 1. The molecule has 2 rings (SSSR count). The number of carbonyl (C=O) groups excluding carboxylic acids is 1. The number of aliphatic hydroxyl groups is 1. The van der Waals surface area contributed by atoms with Crippen LogP contribution in [-0.4, -0.2) is 42.2 Å². The lowest BCUT2D eigenvalue weighted by molar-refractivity contribution is 0.0639. The molecule has 104 valence electrons. The molecule has 4 heteroatoms. The Balaban J connectivity index is 2.22. The van der Waals surface area contributed by atoms with Gasteiger partial charge in [0.2, 0.25) is 0 Å². The fourth-order valence-electron chi connectivity index (χ4n) is 2.82. The van der Waals surface area contributed by atoms with Gasteiger partial charge in [-0.25, -0.2) is 0 Å². The molecule has 1 aliphatic carbocycles. The van der Waals surface area contributed by atoms with Crippen molar-refractivity contribution in [3.63, 3.8) is 0 Å². The zero-order valence-electron chi connectivity index (χ0n) is 11.4. The predicted octanol–water partition coefficient (Wildman–Crippen LogP) is 2.11. The fourth-order valence-corrected chi connectivity index (χ4v) is 2.82. The van der Waals surface area contributed by atoms with Crippen molar-refractivity contribution in [2.24, 2.45) is 0 Å². The van der Waals surface area contributed by atoms with Crippen LogP contribution in [0.2, 0.25) is 0 Å². The van der Waals surface area contributed by atoms with E-state index < -0.39 is 0 Å². The van der Waals surface area contributed by atoms with Crippen molar-refractivity contribution in [3.8, 4) is 0 Å². The molecule has 4 nitrogen and oxygen atoms in total. The third-order valence-electron chi connectivity index (χ3n) is 3.79. The lowest BCUT2D eigenvalue weighted by Gasteiger charge is -2.29. The van der Waals surface area contributed by atoms with Gasteiger partial charge in [-0.15, -0.1) is 0 Å². The number of hydrogen-bond donors (Lipinski definition) is 2. The summed E-state index contributed by atoms with van der Waals surface area (Å²) < 4.78 is 0. The SMILES string of the molecule is CNc1ccccc1C(=O)N(CCO)C1CCCC1. The van der Waals surface area contributed by atoms with Gasteiger partial charge >= 0.3 is 0 Å². The molecule has 19 heavy (non-hydrogen) atoms. The maximum atomic E-state index is 12.7. The number of benzene rings is 1. The molecule has 2 N–H and O–H groups in total. The summed E-state index contributed by atoms with van der Waals surface area (Å²) in [5, 5.41) is 12.3. The van der Waals surface area contributed by atoms with Crippen LogP contribution in [0.5, 0.6) is 0 Å². The summed E-state index contributed by atoms with van der Waals surface area (Å²) in [5.74, 6) is 0.0194. The average Bonchev–Trinajstić information content (AvgIpc) is 2.98. The van der Waals surface area contributed by atoms with E-state index in [0.717, 1.165) is 18.5 Å². The molecule has 0 saturated heterocycles. The smallest absolute Gasteiger partial charge is 0.256 e. The van der Waals surface area contributed by atoms with E-state index in [1.54, 1.807) is 0 Å². The highest BCUT2D eigenvalue weighted by atomic mass is 16.3. The van der Waals surface area contributed by atoms with Crippen molar-refractivity contribution >= 4 is 11.6 Å². The molecule has 0 aliphatic heterocycles. The van der Waals surface area contributed by atoms with Gasteiger partial charge in [-0.2, -0.15) is 0 Å². The number of hydrogen-bond acceptors (Lipinski definition) is 3. The van der Waals surface area contributed by atoms with Crippen molar-refractivity contribution < 1.29 is 9.90 Å². The van der Waals surface area contributed by atoms with Crippen LogP contribution in [0.1, 0.15) is 36.0 Å². The van der Waals surface area contributed by atoms with Crippen LogP contribution in [0.4, 0.5) is 5.69 Å². The highest BCUT2D eigenvalue weighted by molar-refractivity contribution is 5.99. The molecule has 0 heterocycles. The Hall–Kier alpha value is -1.55. The Morgan fingerprint density at radius 3 is 2.68 bits per heavy atom. The van der Waals surface area contributed by atoms with Gasteiger partial charge < -0.3 is 15.3 Å². The molecule has 1 fully saturated rings. The second-order valence-electron chi connectivity index (χ2n) is 4.96. The van der Waals surface area contributed by atoms with Crippen molar-refractivity contribution in [1.82, 2.24) is 4.90 Å². The van der Waals surface area contributed by atoms with Crippen LogP contribution in [-0.2, 0) is 0 Å². The van der Waals surface area contributed by atoms with Crippen LogP contribution >= 0.6 is 0 Å². The molecule has 1 amide bonds. The van der Waals surface area contributed by atoms with Gasteiger partial charge in [-0.05, 0) is 25.0 Å². The van der Waals surface area contributed by atoms with Gasteiger partial charge in [0.05, 0.1) is 12.2 Å². The first kappa shape index (κ1) is 13.9. The molecule has 0 atom stereocenters. The molecule has 1 aromatic rings. The van der Waals surface area contributed by atoms with E-state index in [1.165, 1.54) is 12.8 Å². The Morgan fingerprint density at radius 2 is 2.05 bits per heavy atom. The van der Waals surface area contributed by atoms with Crippen molar-refractivity contribution in [3.05, 3.63) is 29.8 Å². The summed E-state index contributed by atoms with van der Waals surface area (Å²) in [5.41, 5.74) is 1.53. The Kier molecular flexibility index (Phi) is 4.80.